The molecular formula is C16H19N3O4. The molecule has 1 spiro atoms. The molecule has 122 valence electrons. The highest BCUT2D eigenvalue weighted by Gasteiger charge is 2.48. The van der Waals surface area contributed by atoms with Crippen LogP contribution >= 0.6 is 0 Å². The van der Waals surface area contributed by atoms with E-state index in [2.05, 4.69) is 10.6 Å². The fourth-order valence-corrected chi connectivity index (χ4v) is 3.09. The Kier molecular flexibility index (Phi) is 3.94. The molecule has 23 heavy (non-hydrogen) atoms. The summed E-state index contributed by atoms with van der Waals surface area (Å²) in [5, 5.41) is 4.96. The fourth-order valence-electron chi connectivity index (χ4n) is 3.09. The van der Waals surface area contributed by atoms with Crippen molar-refractivity contribution in [1.29, 1.82) is 0 Å². The Labute approximate surface area is 134 Å². The average molecular weight is 317 g/mol. The molecule has 0 aliphatic carbocycles. The third-order valence-corrected chi connectivity index (χ3v) is 4.47. The molecule has 1 aromatic rings. The number of likely N-dealkylation sites (tertiary alicyclic amines) is 1. The van der Waals surface area contributed by atoms with Crippen LogP contribution in [0.15, 0.2) is 24.3 Å². The second kappa shape index (κ2) is 5.91. The van der Waals surface area contributed by atoms with Crippen LogP contribution in [0.4, 0.5) is 4.79 Å². The van der Waals surface area contributed by atoms with Gasteiger partial charge in [0, 0.05) is 13.1 Å². The average Bonchev–Trinajstić information content (AvgIpc) is 2.81. The lowest BCUT2D eigenvalue weighted by molar-refractivity contribution is -0.135. The van der Waals surface area contributed by atoms with E-state index in [4.69, 9.17) is 4.74 Å². The van der Waals surface area contributed by atoms with E-state index < -0.39 is 11.6 Å². The number of imide groups is 1. The topological polar surface area (TPSA) is 87.7 Å². The summed E-state index contributed by atoms with van der Waals surface area (Å²) in [4.78, 5) is 37.3. The fraction of sp³-hybridized carbons (Fsp3) is 0.438. The van der Waals surface area contributed by atoms with Crippen molar-refractivity contribution >= 4 is 17.8 Å². The van der Waals surface area contributed by atoms with Gasteiger partial charge in [-0.25, -0.2) is 4.79 Å². The monoisotopic (exact) mass is 317 g/mol. The van der Waals surface area contributed by atoms with Crippen molar-refractivity contribution in [1.82, 2.24) is 15.5 Å². The molecule has 4 amide bonds. The second-order valence-corrected chi connectivity index (χ2v) is 5.90. The van der Waals surface area contributed by atoms with Gasteiger partial charge >= 0.3 is 6.03 Å². The standard InChI is InChI=1S/C16H19N3O4/c1-23-12-4-2-3-11(9-12)10-13(20)19-7-5-16(6-8-19)14(21)17-15(22)18-16/h2-4,9H,5-8,10H2,1H3,(H2,17,18,21,22). The number of hydrogen-bond acceptors (Lipinski definition) is 4. The molecule has 0 radical (unpaired) electrons. The van der Waals surface area contributed by atoms with E-state index in [-0.39, 0.29) is 11.8 Å². The Balaban J connectivity index is 1.60. The van der Waals surface area contributed by atoms with E-state index in [1.807, 2.05) is 24.3 Å². The molecular weight excluding hydrogens is 298 g/mol. The molecule has 7 nitrogen and oxygen atoms in total. The van der Waals surface area contributed by atoms with E-state index in [9.17, 15) is 14.4 Å². The van der Waals surface area contributed by atoms with Crippen LogP contribution in [0.1, 0.15) is 18.4 Å². The smallest absolute Gasteiger partial charge is 0.322 e. The summed E-state index contributed by atoms with van der Waals surface area (Å²) < 4.78 is 5.16. The molecule has 2 N–H and O–H groups in total. The molecule has 1 aromatic carbocycles. The zero-order valence-electron chi connectivity index (χ0n) is 12.9. The maximum absolute atomic E-state index is 12.4. The van der Waals surface area contributed by atoms with Crippen LogP contribution in [-0.4, -0.2) is 48.5 Å². The molecule has 0 unspecified atom stereocenters. The van der Waals surface area contributed by atoms with Crippen LogP contribution in [0.3, 0.4) is 0 Å². The number of amides is 4. The summed E-state index contributed by atoms with van der Waals surface area (Å²) in [5.41, 5.74) is 0.0469. The molecule has 3 rings (SSSR count). The molecule has 0 aromatic heterocycles. The Morgan fingerprint density at radius 1 is 1.30 bits per heavy atom. The van der Waals surface area contributed by atoms with Crippen molar-refractivity contribution < 1.29 is 19.1 Å². The van der Waals surface area contributed by atoms with Gasteiger partial charge in [-0.3, -0.25) is 14.9 Å². The predicted molar refractivity (Wildman–Crippen MR) is 81.9 cm³/mol. The number of nitrogens with one attached hydrogen (secondary N) is 2. The normalized spacial score (nSPS) is 19.4. The largest absolute Gasteiger partial charge is 0.497 e. The minimum Gasteiger partial charge on any atom is -0.497 e. The van der Waals surface area contributed by atoms with Crippen molar-refractivity contribution in [2.24, 2.45) is 0 Å². The van der Waals surface area contributed by atoms with Crippen LogP contribution < -0.4 is 15.4 Å². The van der Waals surface area contributed by atoms with E-state index in [0.717, 1.165) is 11.3 Å². The molecule has 2 heterocycles. The summed E-state index contributed by atoms with van der Waals surface area (Å²) >= 11 is 0. The van der Waals surface area contributed by atoms with Gasteiger partial charge in [0.25, 0.3) is 5.91 Å². The number of carbonyl (C=O) groups excluding carboxylic acids is 3. The molecule has 7 heteroatoms. The van der Waals surface area contributed by atoms with E-state index in [1.54, 1.807) is 12.0 Å². The summed E-state index contributed by atoms with van der Waals surface area (Å²) in [6, 6.07) is 6.96. The third-order valence-electron chi connectivity index (χ3n) is 4.47. The summed E-state index contributed by atoms with van der Waals surface area (Å²) in [6.45, 7) is 0.910. The minimum absolute atomic E-state index is 0.0119. The summed E-state index contributed by atoms with van der Waals surface area (Å²) in [6.07, 6.45) is 1.17. The first kappa shape index (κ1) is 15.3. The van der Waals surface area contributed by atoms with Crippen LogP contribution in [0.5, 0.6) is 5.75 Å². The third kappa shape index (κ3) is 2.99. The molecule has 0 atom stereocenters. The maximum atomic E-state index is 12.4. The Morgan fingerprint density at radius 3 is 2.65 bits per heavy atom. The maximum Gasteiger partial charge on any atom is 0.322 e. The van der Waals surface area contributed by atoms with Gasteiger partial charge in [-0.2, -0.15) is 0 Å². The lowest BCUT2D eigenvalue weighted by Crippen LogP contribution is -2.55. The Morgan fingerprint density at radius 2 is 2.04 bits per heavy atom. The SMILES string of the molecule is COc1cccc(CC(=O)N2CCC3(CC2)NC(=O)NC3=O)c1. The van der Waals surface area contributed by atoms with E-state index >= 15 is 0 Å². The van der Waals surface area contributed by atoms with Crippen LogP contribution in [-0.2, 0) is 16.0 Å². The number of nitrogens with zero attached hydrogens (tertiary/aromatic N) is 1. The van der Waals surface area contributed by atoms with Gasteiger partial charge in [0.2, 0.25) is 5.91 Å². The predicted octanol–water partition coefficient (Wildman–Crippen LogP) is 0.438. The minimum atomic E-state index is -0.843. The van der Waals surface area contributed by atoms with Crippen LogP contribution in [0, 0.1) is 0 Å². The van der Waals surface area contributed by atoms with Gasteiger partial charge in [-0.15, -0.1) is 0 Å². The molecule has 2 aliphatic rings. The molecule has 0 saturated carbocycles. The number of carbonyl (C=O) groups is 3. The second-order valence-electron chi connectivity index (χ2n) is 5.90. The summed E-state index contributed by atoms with van der Waals surface area (Å²) in [7, 11) is 1.59. The highest BCUT2D eigenvalue weighted by Crippen LogP contribution is 2.26. The van der Waals surface area contributed by atoms with Gasteiger partial charge in [-0.05, 0) is 30.5 Å². The number of rotatable bonds is 3. The van der Waals surface area contributed by atoms with Crippen LogP contribution in [0.25, 0.3) is 0 Å². The molecule has 2 fully saturated rings. The molecule has 0 bridgehead atoms. The van der Waals surface area contributed by atoms with Crippen molar-refractivity contribution in [3.63, 3.8) is 0 Å². The van der Waals surface area contributed by atoms with Gasteiger partial charge in [0.15, 0.2) is 0 Å². The zero-order valence-corrected chi connectivity index (χ0v) is 12.9. The van der Waals surface area contributed by atoms with Crippen LogP contribution in [0.2, 0.25) is 0 Å². The van der Waals surface area contributed by atoms with E-state index in [1.165, 1.54) is 0 Å². The number of benzene rings is 1. The summed E-state index contributed by atoms with van der Waals surface area (Å²) in [5.74, 6) is 0.443. The zero-order chi connectivity index (χ0) is 16.4. The van der Waals surface area contributed by atoms with E-state index in [0.29, 0.717) is 32.4 Å². The number of methoxy groups -OCH3 is 1. The first-order valence-electron chi connectivity index (χ1n) is 7.57. The van der Waals surface area contributed by atoms with Crippen molar-refractivity contribution in [2.75, 3.05) is 20.2 Å². The van der Waals surface area contributed by atoms with Gasteiger partial charge in [0.05, 0.1) is 13.5 Å². The first-order valence-corrected chi connectivity index (χ1v) is 7.57. The highest BCUT2D eigenvalue weighted by molar-refractivity contribution is 6.07. The number of ether oxygens (including phenoxy) is 1. The first-order chi connectivity index (χ1) is 11.0. The Bertz CT molecular complexity index is 650. The lowest BCUT2D eigenvalue weighted by Gasteiger charge is -2.37. The highest BCUT2D eigenvalue weighted by atomic mass is 16.5. The van der Waals surface area contributed by atoms with Crippen molar-refractivity contribution in [3.8, 4) is 5.75 Å². The van der Waals surface area contributed by atoms with Gasteiger partial charge in [-0.1, -0.05) is 12.1 Å². The molecule has 2 saturated heterocycles. The lowest BCUT2D eigenvalue weighted by atomic mass is 9.87. The molecule has 2 aliphatic heterocycles. The van der Waals surface area contributed by atoms with Crippen molar-refractivity contribution in [2.45, 2.75) is 24.8 Å². The van der Waals surface area contributed by atoms with Gasteiger partial charge in [0.1, 0.15) is 11.3 Å². The Hall–Kier alpha value is -2.57. The number of piperidine rings is 1. The van der Waals surface area contributed by atoms with Gasteiger partial charge < -0.3 is 15.0 Å². The quantitative estimate of drug-likeness (QED) is 0.792. The number of urea groups is 1. The number of hydrogen-bond donors (Lipinski definition) is 2. The van der Waals surface area contributed by atoms with Crippen molar-refractivity contribution in [3.05, 3.63) is 29.8 Å².